The molecule has 0 aliphatic heterocycles. The van der Waals surface area contributed by atoms with Gasteiger partial charge in [-0.15, -0.1) is 0 Å². The topological polar surface area (TPSA) is 46.5 Å². The number of rotatable bonds is 4. The molecule has 1 rings (SSSR count). The first-order valence-corrected chi connectivity index (χ1v) is 4.76. The lowest BCUT2D eigenvalue weighted by Gasteiger charge is -2.09. The minimum absolute atomic E-state index is 0.659. The summed E-state index contributed by atoms with van der Waals surface area (Å²) in [7, 11) is 1.58. The van der Waals surface area contributed by atoms with Crippen LogP contribution in [0.25, 0.3) is 5.57 Å². The third-order valence-electron chi connectivity index (χ3n) is 2.13. The summed E-state index contributed by atoms with van der Waals surface area (Å²) in [6.07, 6.45) is 1.88. The average Bonchev–Trinajstić information content (AvgIpc) is 2.25. The molecule has 3 nitrogen and oxygen atoms in total. The quantitative estimate of drug-likeness (QED) is 0.770. The van der Waals surface area contributed by atoms with Crippen molar-refractivity contribution in [2.75, 3.05) is 7.11 Å². The Hall–Kier alpha value is -1.77. The fourth-order valence-electron chi connectivity index (χ4n) is 1.43. The molecule has 0 radical (unpaired) electrons. The maximum atomic E-state index is 10.6. The zero-order chi connectivity index (χ0) is 11.3. The highest BCUT2D eigenvalue weighted by Crippen LogP contribution is 2.27. The van der Waals surface area contributed by atoms with Crippen LogP contribution >= 0.6 is 0 Å². The molecular formula is C12H14O3. The molecule has 0 spiro atoms. The van der Waals surface area contributed by atoms with Gasteiger partial charge >= 0.3 is 5.97 Å². The van der Waals surface area contributed by atoms with E-state index in [1.54, 1.807) is 7.11 Å². The van der Waals surface area contributed by atoms with Gasteiger partial charge in [0.1, 0.15) is 5.75 Å². The molecule has 1 aromatic carbocycles. The number of para-hydroxylation sites is 1. The van der Waals surface area contributed by atoms with E-state index in [9.17, 15) is 4.79 Å². The van der Waals surface area contributed by atoms with E-state index in [1.165, 1.54) is 6.08 Å². The summed E-state index contributed by atoms with van der Waals surface area (Å²) >= 11 is 0. The zero-order valence-electron chi connectivity index (χ0n) is 8.86. The molecule has 0 aliphatic rings. The van der Waals surface area contributed by atoms with Crippen LogP contribution in [0.4, 0.5) is 0 Å². The molecule has 0 aromatic heterocycles. The number of aliphatic carboxylic acids is 1. The number of carboxylic acids is 1. The van der Waals surface area contributed by atoms with Gasteiger partial charge in [-0.2, -0.15) is 0 Å². The van der Waals surface area contributed by atoms with E-state index >= 15 is 0 Å². The molecular weight excluding hydrogens is 192 g/mol. The minimum atomic E-state index is -0.933. The van der Waals surface area contributed by atoms with Crippen LogP contribution in [0.15, 0.2) is 30.3 Å². The Bertz CT molecular complexity index is 380. The molecule has 0 aliphatic carbocycles. The fourth-order valence-corrected chi connectivity index (χ4v) is 1.43. The third-order valence-corrected chi connectivity index (χ3v) is 2.13. The highest BCUT2D eigenvalue weighted by Gasteiger charge is 2.07. The van der Waals surface area contributed by atoms with E-state index in [4.69, 9.17) is 9.84 Å². The molecule has 0 saturated heterocycles. The lowest BCUT2D eigenvalue weighted by atomic mass is 10.0. The van der Waals surface area contributed by atoms with Crippen LogP contribution in [0.2, 0.25) is 0 Å². The van der Waals surface area contributed by atoms with Gasteiger partial charge in [0, 0.05) is 11.6 Å². The molecule has 80 valence electrons. The van der Waals surface area contributed by atoms with Gasteiger partial charge in [-0.05, 0) is 18.1 Å². The van der Waals surface area contributed by atoms with Crippen LogP contribution in [-0.4, -0.2) is 18.2 Å². The van der Waals surface area contributed by atoms with Gasteiger partial charge in [0.05, 0.1) is 7.11 Å². The maximum absolute atomic E-state index is 10.6. The van der Waals surface area contributed by atoms with Gasteiger partial charge in [-0.3, -0.25) is 0 Å². The SMILES string of the molecule is CC/C(=C\C(=O)O)c1ccccc1OC. The summed E-state index contributed by atoms with van der Waals surface area (Å²) in [6.45, 7) is 1.92. The Morgan fingerprint density at radius 3 is 2.67 bits per heavy atom. The van der Waals surface area contributed by atoms with Crippen LogP contribution in [0.1, 0.15) is 18.9 Å². The number of hydrogen-bond donors (Lipinski definition) is 1. The fraction of sp³-hybridized carbons (Fsp3) is 0.250. The molecule has 0 heterocycles. The number of carbonyl (C=O) groups is 1. The molecule has 15 heavy (non-hydrogen) atoms. The average molecular weight is 206 g/mol. The van der Waals surface area contributed by atoms with Crippen LogP contribution in [0, 0.1) is 0 Å². The van der Waals surface area contributed by atoms with E-state index < -0.39 is 5.97 Å². The van der Waals surface area contributed by atoms with Gasteiger partial charge < -0.3 is 9.84 Å². The number of methoxy groups -OCH3 is 1. The molecule has 0 amide bonds. The molecule has 0 saturated carbocycles. The van der Waals surface area contributed by atoms with Crippen LogP contribution < -0.4 is 4.74 Å². The van der Waals surface area contributed by atoms with Crippen molar-refractivity contribution in [3.8, 4) is 5.75 Å². The zero-order valence-corrected chi connectivity index (χ0v) is 8.86. The van der Waals surface area contributed by atoms with Crippen molar-refractivity contribution < 1.29 is 14.6 Å². The third kappa shape index (κ3) is 2.84. The predicted octanol–water partition coefficient (Wildman–Crippen LogP) is 2.57. The second-order valence-corrected chi connectivity index (χ2v) is 3.06. The van der Waals surface area contributed by atoms with Crippen molar-refractivity contribution in [3.05, 3.63) is 35.9 Å². The Balaban J connectivity index is 3.17. The Morgan fingerprint density at radius 1 is 1.47 bits per heavy atom. The van der Waals surface area contributed by atoms with Gasteiger partial charge in [-0.1, -0.05) is 25.1 Å². The number of ether oxygens (including phenoxy) is 1. The van der Waals surface area contributed by atoms with Crippen molar-refractivity contribution in [1.82, 2.24) is 0 Å². The van der Waals surface area contributed by atoms with Crippen LogP contribution in [0.5, 0.6) is 5.75 Å². The first kappa shape index (κ1) is 11.3. The summed E-state index contributed by atoms with van der Waals surface area (Å²) in [5, 5.41) is 8.72. The summed E-state index contributed by atoms with van der Waals surface area (Å²) in [5.74, 6) is -0.232. The number of hydrogen-bond acceptors (Lipinski definition) is 2. The number of allylic oxidation sites excluding steroid dienone is 1. The molecule has 1 aromatic rings. The lowest BCUT2D eigenvalue weighted by molar-refractivity contribution is -0.131. The summed E-state index contributed by atoms with van der Waals surface area (Å²) < 4.78 is 5.18. The number of benzene rings is 1. The van der Waals surface area contributed by atoms with E-state index in [0.29, 0.717) is 12.2 Å². The molecule has 0 unspecified atom stereocenters. The van der Waals surface area contributed by atoms with Crippen molar-refractivity contribution in [3.63, 3.8) is 0 Å². The molecule has 1 N–H and O–H groups in total. The largest absolute Gasteiger partial charge is 0.496 e. The molecule has 0 bridgehead atoms. The van der Waals surface area contributed by atoms with Gasteiger partial charge in [0.15, 0.2) is 0 Å². The summed E-state index contributed by atoms with van der Waals surface area (Å²) in [6, 6.07) is 7.40. The second-order valence-electron chi connectivity index (χ2n) is 3.06. The van der Waals surface area contributed by atoms with Crippen molar-refractivity contribution in [2.45, 2.75) is 13.3 Å². The first-order chi connectivity index (χ1) is 7.19. The van der Waals surface area contributed by atoms with Gasteiger partial charge in [0.25, 0.3) is 0 Å². The normalized spacial score (nSPS) is 11.2. The maximum Gasteiger partial charge on any atom is 0.328 e. The smallest absolute Gasteiger partial charge is 0.328 e. The summed E-state index contributed by atoms with van der Waals surface area (Å²) in [4.78, 5) is 10.6. The second kappa shape index (κ2) is 5.20. The lowest BCUT2D eigenvalue weighted by Crippen LogP contribution is -1.95. The summed E-state index contributed by atoms with van der Waals surface area (Å²) in [5.41, 5.74) is 1.60. The predicted molar refractivity (Wildman–Crippen MR) is 58.9 cm³/mol. The van der Waals surface area contributed by atoms with E-state index in [1.807, 2.05) is 31.2 Å². The van der Waals surface area contributed by atoms with Crippen molar-refractivity contribution in [2.24, 2.45) is 0 Å². The highest BCUT2D eigenvalue weighted by atomic mass is 16.5. The van der Waals surface area contributed by atoms with Crippen molar-refractivity contribution in [1.29, 1.82) is 0 Å². The Morgan fingerprint density at radius 2 is 2.13 bits per heavy atom. The standard InChI is InChI=1S/C12H14O3/c1-3-9(8-12(13)14)10-6-4-5-7-11(10)15-2/h4-8H,3H2,1-2H3,(H,13,14)/b9-8+. The molecule has 0 atom stereocenters. The Labute approximate surface area is 89.0 Å². The van der Waals surface area contributed by atoms with Gasteiger partial charge in [-0.25, -0.2) is 4.79 Å². The van der Waals surface area contributed by atoms with E-state index in [2.05, 4.69) is 0 Å². The first-order valence-electron chi connectivity index (χ1n) is 4.76. The highest BCUT2D eigenvalue weighted by molar-refractivity contribution is 5.90. The Kier molecular flexibility index (Phi) is 3.92. The molecule has 0 fully saturated rings. The number of carboxylic acid groups (broad SMARTS) is 1. The monoisotopic (exact) mass is 206 g/mol. The molecule has 3 heteroatoms. The van der Waals surface area contributed by atoms with Gasteiger partial charge in [0.2, 0.25) is 0 Å². The van der Waals surface area contributed by atoms with Crippen LogP contribution in [0.3, 0.4) is 0 Å². The van der Waals surface area contributed by atoms with Crippen LogP contribution in [-0.2, 0) is 4.79 Å². The van der Waals surface area contributed by atoms with E-state index in [0.717, 1.165) is 11.1 Å². The minimum Gasteiger partial charge on any atom is -0.496 e. The van der Waals surface area contributed by atoms with Crippen molar-refractivity contribution >= 4 is 11.5 Å². The van der Waals surface area contributed by atoms with E-state index in [-0.39, 0.29) is 0 Å².